The average molecular weight is 475 g/mol. The molecule has 1 amide bonds. The maximum Gasteiger partial charge on any atom is 0.243 e. The van der Waals surface area contributed by atoms with Gasteiger partial charge in [0, 0.05) is 17.8 Å². The third-order valence-electron chi connectivity index (χ3n) is 6.10. The number of hydrogen-bond donors (Lipinski definition) is 2. The van der Waals surface area contributed by atoms with E-state index in [0.29, 0.717) is 41.9 Å². The summed E-state index contributed by atoms with van der Waals surface area (Å²) >= 11 is 0. The maximum atomic E-state index is 13.5. The highest BCUT2D eigenvalue weighted by atomic mass is 32.2. The number of rotatable bonds is 5. The summed E-state index contributed by atoms with van der Waals surface area (Å²) < 4.78 is 28.4. The van der Waals surface area contributed by atoms with Crippen LogP contribution in [0.2, 0.25) is 0 Å². The van der Waals surface area contributed by atoms with Gasteiger partial charge in [0.05, 0.1) is 15.9 Å². The third-order valence-corrected chi connectivity index (χ3v) is 8.01. The number of hydrogen-bond acceptors (Lipinski definition) is 4. The number of nitrogens with zero attached hydrogens (tertiary/aromatic N) is 2. The molecule has 1 aliphatic rings. The molecule has 2 heterocycles. The van der Waals surface area contributed by atoms with E-state index in [-0.39, 0.29) is 10.8 Å². The lowest BCUT2D eigenvalue weighted by Crippen LogP contribution is -2.43. The molecule has 0 radical (unpaired) electrons. The normalized spacial score (nSPS) is 16.7. The highest BCUT2D eigenvalue weighted by Gasteiger charge is 2.39. The van der Waals surface area contributed by atoms with Crippen LogP contribution in [-0.4, -0.2) is 41.2 Å². The zero-order valence-corrected chi connectivity index (χ0v) is 19.9. The molecule has 0 bridgehead atoms. The molecule has 1 atom stereocenters. The van der Waals surface area contributed by atoms with E-state index in [1.807, 2.05) is 62.4 Å². The van der Waals surface area contributed by atoms with E-state index in [0.717, 1.165) is 16.7 Å². The molecule has 0 aliphatic carbocycles. The zero-order chi connectivity index (χ0) is 23.9. The fourth-order valence-corrected chi connectivity index (χ4v) is 6.26. The van der Waals surface area contributed by atoms with Crippen molar-refractivity contribution >= 4 is 32.7 Å². The van der Waals surface area contributed by atoms with Gasteiger partial charge in [0.15, 0.2) is 0 Å². The Bertz CT molecular complexity index is 1460. The first-order valence-electron chi connectivity index (χ1n) is 11.3. The number of carbonyl (C=O) groups is 1. The van der Waals surface area contributed by atoms with Crippen molar-refractivity contribution in [3.05, 3.63) is 77.9 Å². The van der Waals surface area contributed by atoms with Crippen molar-refractivity contribution in [2.75, 3.05) is 11.9 Å². The lowest BCUT2D eigenvalue weighted by atomic mass is 10.1. The molecule has 0 spiro atoms. The Morgan fingerprint density at radius 1 is 1.03 bits per heavy atom. The second-order valence-electron chi connectivity index (χ2n) is 8.77. The topological polar surface area (TPSA) is 95.2 Å². The minimum absolute atomic E-state index is 0.148. The third kappa shape index (κ3) is 4.22. The van der Waals surface area contributed by atoms with Gasteiger partial charge < -0.3 is 10.3 Å². The van der Waals surface area contributed by atoms with Gasteiger partial charge in [-0.05, 0) is 68.1 Å². The Kier molecular flexibility index (Phi) is 5.71. The molecule has 3 aromatic carbocycles. The molecule has 34 heavy (non-hydrogen) atoms. The molecular formula is C26H26N4O3S. The first kappa shape index (κ1) is 22.3. The van der Waals surface area contributed by atoms with Crippen LogP contribution >= 0.6 is 0 Å². The second kappa shape index (κ2) is 8.70. The minimum atomic E-state index is -3.86. The van der Waals surface area contributed by atoms with Gasteiger partial charge in [-0.25, -0.2) is 13.4 Å². The molecule has 7 nitrogen and oxygen atoms in total. The Morgan fingerprint density at radius 2 is 1.76 bits per heavy atom. The fraction of sp³-hybridized carbons (Fsp3) is 0.231. The van der Waals surface area contributed by atoms with Crippen molar-refractivity contribution in [1.82, 2.24) is 14.3 Å². The van der Waals surface area contributed by atoms with E-state index >= 15 is 0 Å². The molecule has 1 unspecified atom stereocenters. The standard InChI is InChI=1S/C26H26N4O3S/c1-17-13-18(2)15-20(14-17)27-26(31)24-9-6-12-30(24)34(32,33)21-10-11-22-23(16-21)29-25(28-22)19-7-4-3-5-8-19/h3-5,7-8,10-11,13-16,24H,6,9,12H2,1-2H3,(H,27,31)(H,28,29). The van der Waals surface area contributed by atoms with Gasteiger partial charge in [0.1, 0.15) is 11.9 Å². The van der Waals surface area contributed by atoms with Gasteiger partial charge in [-0.3, -0.25) is 4.79 Å². The number of aromatic amines is 1. The van der Waals surface area contributed by atoms with Crippen LogP contribution in [0, 0.1) is 13.8 Å². The fourth-order valence-electron chi connectivity index (χ4n) is 4.58. The number of aryl methyl sites for hydroxylation is 2. The largest absolute Gasteiger partial charge is 0.338 e. The highest BCUT2D eigenvalue weighted by Crippen LogP contribution is 2.29. The summed E-state index contributed by atoms with van der Waals surface area (Å²) in [6, 6.07) is 19.6. The van der Waals surface area contributed by atoms with E-state index in [4.69, 9.17) is 0 Å². The minimum Gasteiger partial charge on any atom is -0.338 e. The molecule has 8 heteroatoms. The van der Waals surface area contributed by atoms with Crippen LogP contribution in [0.4, 0.5) is 5.69 Å². The Hall–Kier alpha value is -3.49. The van der Waals surface area contributed by atoms with Crippen LogP contribution in [0.1, 0.15) is 24.0 Å². The Morgan fingerprint density at radius 3 is 2.50 bits per heavy atom. The molecule has 2 N–H and O–H groups in total. The monoisotopic (exact) mass is 474 g/mol. The maximum absolute atomic E-state index is 13.5. The van der Waals surface area contributed by atoms with Crippen LogP contribution in [0.5, 0.6) is 0 Å². The number of anilines is 1. The summed E-state index contributed by atoms with van der Waals surface area (Å²) in [4.78, 5) is 21.0. The summed E-state index contributed by atoms with van der Waals surface area (Å²) in [5.41, 5.74) is 4.99. The summed E-state index contributed by atoms with van der Waals surface area (Å²) in [7, 11) is -3.86. The number of sulfonamides is 1. The molecule has 174 valence electrons. The van der Waals surface area contributed by atoms with Gasteiger partial charge in [0.2, 0.25) is 15.9 Å². The number of nitrogens with one attached hydrogen (secondary N) is 2. The average Bonchev–Trinajstić information content (AvgIpc) is 3.46. The quantitative estimate of drug-likeness (QED) is 0.441. The lowest BCUT2D eigenvalue weighted by molar-refractivity contribution is -0.119. The number of H-pyrrole nitrogens is 1. The van der Waals surface area contributed by atoms with E-state index in [2.05, 4.69) is 15.3 Å². The molecule has 1 saturated heterocycles. The summed E-state index contributed by atoms with van der Waals surface area (Å²) in [5, 5.41) is 2.91. The first-order valence-corrected chi connectivity index (χ1v) is 12.7. The number of carbonyl (C=O) groups excluding carboxylic acids is 1. The molecule has 1 aliphatic heterocycles. The molecule has 1 fully saturated rings. The first-order chi connectivity index (χ1) is 16.3. The van der Waals surface area contributed by atoms with E-state index in [9.17, 15) is 13.2 Å². The van der Waals surface area contributed by atoms with Gasteiger partial charge >= 0.3 is 0 Å². The van der Waals surface area contributed by atoms with Crippen LogP contribution < -0.4 is 5.32 Å². The van der Waals surface area contributed by atoms with Crippen LogP contribution in [0.3, 0.4) is 0 Å². The van der Waals surface area contributed by atoms with E-state index in [1.54, 1.807) is 18.2 Å². The van der Waals surface area contributed by atoms with Crippen molar-refractivity contribution < 1.29 is 13.2 Å². The van der Waals surface area contributed by atoms with Gasteiger partial charge in [0.25, 0.3) is 0 Å². The van der Waals surface area contributed by atoms with Gasteiger partial charge in [-0.1, -0.05) is 36.4 Å². The number of benzene rings is 3. The molecule has 4 aromatic rings. The Labute approximate surface area is 198 Å². The molecule has 5 rings (SSSR count). The van der Waals surface area contributed by atoms with Crippen molar-refractivity contribution in [1.29, 1.82) is 0 Å². The van der Waals surface area contributed by atoms with Crippen molar-refractivity contribution in [2.24, 2.45) is 0 Å². The van der Waals surface area contributed by atoms with Crippen LogP contribution in [0.25, 0.3) is 22.4 Å². The number of fused-ring (bicyclic) bond motifs is 1. The van der Waals surface area contributed by atoms with E-state index < -0.39 is 16.1 Å². The SMILES string of the molecule is Cc1cc(C)cc(NC(=O)C2CCCN2S(=O)(=O)c2ccc3nc(-c4ccccc4)[nH]c3c2)c1. The van der Waals surface area contributed by atoms with Crippen molar-refractivity contribution in [2.45, 2.75) is 37.6 Å². The molecule has 0 saturated carbocycles. The number of aromatic nitrogens is 2. The van der Waals surface area contributed by atoms with Crippen LogP contribution in [-0.2, 0) is 14.8 Å². The van der Waals surface area contributed by atoms with Gasteiger partial charge in [-0.2, -0.15) is 4.31 Å². The summed E-state index contributed by atoms with van der Waals surface area (Å²) in [6.07, 6.45) is 1.12. The van der Waals surface area contributed by atoms with Gasteiger partial charge in [-0.15, -0.1) is 0 Å². The highest BCUT2D eigenvalue weighted by molar-refractivity contribution is 7.89. The Balaban J connectivity index is 1.42. The molecular weight excluding hydrogens is 448 g/mol. The zero-order valence-electron chi connectivity index (χ0n) is 19.1. The molecule has 1 aromatic heterocycles. The van der Waals surface area contributed by atoms with Crippen LogP contribution in [0.15, 0.2) is 71.6 Å². The smallest absolute Gasteiger partial charge is 0.243 e. The number of amides is 1. The lowest BCUT2D eigenvalue weighted by Gasteiger charge is -2.23. The summed E-state index contributed by atoms with van der Waals surface area (Å²) in [5.74, 6) is 0.372. The predicted octanol–water partition coefficient (Wildman–Crippen LogP) is 4.64. The predicted molar refractivity (Wildman–Crippen MR) is 133 cm³/mol. The van der Waals surface area contributed by atoms with Crippen molar-refractivity contribution in [3.63, 3.8) is 0 Å². The van der Waals surface area contributed by atoms with Crippen molar-refractivity contribution in [3.8, 4) is 11.4 Å². The summed E-state index contributed by atoms with van der Waals surface area (Å²) in [6.45, 7) is 4.23. The number of imidazole rings is 1. The van der Waals surface area contributed by atoms with E-state index in [1.165, 1.54) is 4.31 Å². The second-order valence-corrected chi connectivity index (χ2v) is 10.7.